The average Bonchev–Trinajstić information content (AvgIpc) is 2.34. The molecule has 0 aromatic carbocycles. The summed E-state index contributed by atoms with van der Waals surface area (Å²) in [5, 5.41) is 3.54. The number of pyridine rings is 1. The molecule has 1 N–H and O–H groups in total. The van der Waals surface area contributed by atoms with Crippen LogP contribution in [0.4, 0.5) is 0 Å². The Bertz CT molecular complexity index is 387. The first-order chi connectivity index (χ1) is 8.65. The van der Waals surface area contributed by atoms with Crippen molar-refractivity contribution >= 4 is 31.9 Å². The molecular weight excluding hydrogens is 356 g/mol. The molecular formula is C14H20Br2N2. The Labute approximate surface area is 126 Å². The maximum atomic E-state index is 4.42. The molecule has 1 saturated carbocycles. The van der Waals surface area contributed by atoms with Gasteiger partial charge in [-0.3, -0.25) is 4.98 Å². The van der Waals surface area contributed by atoms with Gasteiger partial charge in [0.1, 0.15) is 0 Å². The van der Waals surface area contributed by atoms with Gasteiger partial charge in [-0.2, -0.15) is 0 Å². The lowest BCUT2D eigenvalue weighted by Gasteiger charge is -2.26. The van der Waals surface area contributed by atoms with E-state index in [0.717, 1.165) is 39.6 Å². The molecule has 0 spiro atoms. The molecule has 18 heavy (non-hydrogen) atoms. The largest absolute Gasteiger partial charge is 0.311 e. The topological polar surface area (TPSA) is 24.9 Å². The molecule has 2 nitrogen and oxygen atoms in total. The van der Waals surface area contributed by atoms with Crippen molar-refractivity contribution in [3.63, 3.8) is 0 Å². The van der Waals surface area contributed by atoms with E-state index in [1.807, 2.05) is 12.3 Å². The van der Waals surface area contributed by atoms with Crippen LogP contribution in [0.3, 0.4) is 0 Å². The van der Waals surface area contributed by atoms with Crippen LogP contribution in [-0.2, 0) is 6.54 Å². The lowest BCUT2D eigenvalue weighted by Crippen LogP contribution is -2.26. The molecule has 1 fully saturated rings. The fraction of sp³-hybridized carbons (Fsp3) is 0.643. The van der Waals surface area contributed by atoms with E-state index >= 15 is 0 Å². The van der Waals surface area contributed by atoms with Crippen molar-refractivity contribution in [2.75, 3.05) is 6.54 Å². The normalized spacial score (nSPS) is 24.2. The Hall–Kier alpha value is 0.0700. The van der Waals surface area contributed by atoms with E-state index in [4.69, 9.17) is 0 Å². The highest BCUT2D eigenvalue weighted by Crippen LogP contribution is 2.27. The van der Waals surface area contributed by atoms with Crippen LogP contribution < -0.4 is 5.32 Å². The molecule has 0 aliphatic heterocycles. The molecule has 0 amide bonds. The lowest BCUT2D eigenvalue weighted by atomic mass is 9.83. The quantitative estimate of drug-likeness (QED) is 0.836. The van der Waals surface area contributed by atoms with Gasteiger partial charge in [0.2, 0.25) is 0 Å². The molecule has 1 aromatic heterocycles. The fourth-order valence-corrected chi connectivity index (χ4v) is 3.63. The highest BCUT2D eigenvalue weighted by Gasteiger charge is 2.17. The summed E-state index contributed by atoms with van der Waals surface area (Å²) in [4.78, 5) is 4.42. The predicted octanol–water partition coefficient (Wildman–Crippen LogP) is 4.52. The van der Waals surface area contributed by atoms with Gasteiger partial charge in [-0.25, -0.2) is 0 Å². The lowest BCUT2D eigenvalue weighted by molar-refractivity contribution is 0.281. The number of rotatable bonds is 4. The van der Waals surface area contributed by atoms with Crippen LogP contribution in [0.5, 0.6) is 0 Å². The van der Waals surface area contributed by atoms with Crippen LogP contribution in [0.1, 0.15) is 38.3 Å². The zero-order valence-electron chi connectivity index (χ0n) is 10.8. The van der Waals surface area contributed by atoms with Crippen LogP contribution in [0.2, 0.25) is 0 Å². The first kappa shape index (κ1) is 14.5. The molecule has 2 rings (SSSR count). The standard InChI is InChI=1S/C14H20Br2N2/c1-10-2-4-11(5-3-10)7-17-9-14-13(16)6-12(15)8-18-14/h6,8,10-11,17H,2-5,7,9H2,1H3. The summed E-state index contributed by atoms with van der Waals surface area (Å²) in [6.45, 7) is 4.34. The number of nitrogens with one attached hydrogen (secondary N) is 1. The minimum Gasteiger partial charge on any atom is -0.311 e. The van der Waals surface area contributed by atoms with Crippen molar-refractivity contribution in [3.8, 4) is 0 Å². The van der Waals surface area contributed by atoms with E-state index in [9.17, 15) is 0 Å². The summed E-state index contributed by atoms with van der Waals surface area (Å²) in [7, 11) is 0. The Morgan fingerprint density at radius 1 is 1.28 bits per heavy atom. The molecule has 0 unspecified atom stereocenters. The smallest absolute Gasteiger partial charge is 0.0684 e. The molecule has 0 atom stereocenters. The highest BCUT2D eigenvalue weighted by molar-refractivity contribution is 9.11. The van der Waals surface area contributed by atoms with E-state index in [2.05, 4.69) is 49.1 Å². The van der Waals surface area contributed by atoms with Crippen molar-refractivity contribution in [1.82, 2.24) is 10.3 Å². The molecule has 100 valence electrons. The third-order valence-corrected chi connectivity index (χ3v) is 4.87. The van der Waals surface area contributed by atoms with Crippen LogP contribution in [0.25, 0.3) is 0 Å². The minimum absolute atomic E-state index is 0.847. The number of nitrogens with zero attached hydrogens (tertiary/aromatic N) is 1. The first-order valence-corrected chi connectivity index (χ1v) is 8.24. The van der Waals surface area contributed by atoms with E-state index in [1.165, 1.54) is 25.7 Å². The Morgan fingerprint density at radius 3 is 2.67 bits per heavy atom. The van der Waals surface area contributed by atoms with Gasteiger partial charge in [0, 0.05) is 21.7 Å². The molecule has 4 heteroatoms. The highest BCUT2D eigenvalue weighted by atomic mass is 79.9. The van der Waals surface area contributed by atoms with Crippen LogP contribution >= 0.6 is 31.9 Å². The van der Waals surface area contributed by atoms with Gasteiger partial charge in [0.25, 0.3) is 0 Å². The van der Waals surface area contributed by atoms with Gasteiger partial charge < -0.3 is 5.32 Å². The monoisotopic (exact) mass is 374 g/mol. The number of halogens is 2. The van der Waals surface area contributed by atoms with Gasteiger partial charge in [-0.15, -0.1) is 0 Å². The van der Waals surface area contributed by atoms with Crippen molar-refractivity contribution in [2.45, 2.75) is 39.2 Å². The summed E-state index contributed by atoms with van der Waals surface area (Å²) < 4.78 is 2.08. The Balaban J connectivity index is 1.75. The SMILES string of the molecule is CC1CCC(CNCc2ncc(Br)cc2Br)CC1. The zero-order valence-corrected chi connectivity index (χ0v) is 13.9. The maximum Gasteiger partial charge on any atom is 0.0684 e. The predicted molar refractivity (Wildman–Crippen MR) is 82.5 cm³/mol. The summed E-state index contributed by atoms with van der Waals surface area (Å²) in [5.41, 5.74) is 1.09. The molecule has 1 aromatic rings. The van der Waals surface area contributed by atoms with Crippen molar-refractivity contribution in [1.29, 1.82) is 0 Å². The molecule has 0 radical (unpaired) electrons. The van der Waals surface area contributed by atoms with Gasteiger partial charge in [-0.05, 0) is 69.1 Å². The molecule has 1 aliphatic rings. The average molecular weight is 376 g/mol. The second-order valence-electron chi connectivity index (χ2n) is 5.34. The first-order valence-electron chi connectivity index (χ1n) is 6.66. The minimum atomic E-state index is 0.847. The van der Waals surface area contributed by atoms with Gasteiger partial charge in [-0.1, -0.05) is 19.8 Å². The number of aromatic nitrogens is 1. The van der Waals surface area contributed by atoms with Gasteiger partial charge >= 0.3 is 0 Å². The van der Waals surface area contributed by atoms with E-state index < -0.39 is 0 Å². The summed E-state index contributed by atoms with van der Waals surface area (Å²) in [5.74, 6) is 1.79. The second kappa shape index (κ2) is 7.01. The third-order valence-electron chi connectivity index (χ3n) is 3.74. The summed E-state index contributed by atoms with van der Waals surface area (Å²) in [6, 6.07) is 2.05. The van der Waals surface area contributed by atoms with Crippen LogP contribution in [-0.4, -0.2) is 11.5 Å². The van der Waals surface area contributed by atoms with Gasteiger partial charge in [0.15, 0.2) is 0 Å². The maximum absolute atomic E-state index is 4.42. The van der Waals surface area contributed by atoms with E-state index in [0.29, 0.717) is 0 Å². The third kappa shape index (κ3) is 4.32. The summed E-state index contributed by atoms with van der Waals surface area (Å²) >= 11 is 6.97. The number of hydrogen-bond donors (Lipinski definition) is 1. The van der Waals surface area contributed by atoms with Crippen LogP contribution in [0.15, 0.2) is 21.2 Å². The zero-order chi connectivity index (χ0) is 13.0. The molecule has 1 aliphatic carbocycles. The molecule has 0 bridgehead atoms. The molecule has 0 saturated heterocycles. The van der Waals surface area contributed by atoms with E-state index in [1.54, 1.807) is 0 Å². The fourth-order valence-electron chi connectivity index (χ4n) is 2.50. The number of hydrogen-bond acceptors (Lipinski definition) is 2. The summed E-state index contributed by atoms with van der Waals surface area (Å²) in [6.07, 6.45) is 7.40. The van der Waals surface area contributed by atoms with Crippen molar-refractivity contribution in [2.24, 2.45) is 11.8 Å². The van der Waals surface area contributed by atoms with Gasteiger partial charge in [0.05, 0.1) is 5.69 Å². The van der Waals surface area contributed by atoms with Crippen molar-refractivity contribution < 1.29 is 0 Å². The molecule has 1 heterocycles. The second-order valence-corrected chi connectivity index (χ2v) is 7.11. The Morgan fingerprint density at radius 2 is 2.00 bits per heavy atom. The van der Waals surface area contributed by atoms with Crippen LogP contribution in [0, 0.1) is 11.8 Å². The Kier molecular flexibility index (Phi) is 5.64. The van der Waals surface area contributed by atoms with Crippen molar-refractivity contribution in [3.05, 3.63) is 26.9 Å². The van der Waals surface area contributed by atoms with E-state index in [-0.39, 0.29) is 0 Å².